The van der Waals surface area contributed by atoms with Crippen LogP contribution in [0, 0.1) is 0 Å². The summed E-state index contributed by atoms with van der Waals surface area (Å²) in [5.41, 5.74) is 1.75. The molecule has 1 saturated heterocycles. The van der Waals surface area contributed by atoms with E-state index in [1.165, 1.54) is 23.1 Å². The minimum absolute atomic E-state index is 0.0451. The molecule has 0 spiro atoms. The molecule has 0 aliphatic carbocycles. The first-order valence-electron chi connectivity index (χ1n) is 10.9. The van der Waals surface area contributed by atoms with Gasteiger partial charge in [-0.1, -0.05) is 59.9 Å². The number of unbranched alkanes of at least 4 members (excludes halogenated alkanes) is 2. The Morgan fingerprint density at radius 3 is 2.88 bits per heavy atom. The number of amides is 2. The second-order valence-electron chi connectivity index (χ2n) is 7.79. The summed E-state index contributed by atoms with van der Waals surface area (Å²) in [6, 6.07) is 13.4. The van der Waals surface area contributed by atoms with Gasteiger partial charge in [-0.15, -0.1) is 0 Å². The smallest absolute Gasteiger partial charge is 0.266 e. The highest BCUT2D eigenvalue weighted by molar-refractivity contribution is 8.26. The third-order valence-corrected chi connectivity index (χ3v) is 7.72. The number of fused-ring (bicyclic) bond motifs is 2. The average Bonchev–Trinajstić information content (AvgIpc) is 3.51. The molecule has 174 valence electrons. The first-order chi connectivity index (χ1) is 16.6. The van der Waals surface area contributed by atoms with E-state index in [2.05, 4.69) is 10.3 Å². The number of carbonyl (C=O) groups excluding carboxylic acids is 2. The maximum Gasteiger partial charge on any atom is 0.266 e. The van der Waals surface area contributed by atoms with E-state index in [4.69, 9.17) is 21.7 Å². The van der Waals surface area contributed by atoms with Crippen molar-refractivity contribution in [3.05, 3.63) is 52.9 Å². The molecule has 34 heavy (non-hydrogen) atoms. The zero-order valence-corrected chi connectivity index (χ0v) is 20.6. The molecule has 3 aromatic rings. The number of benzene rings is 2. The SMILES string of the molecule is O=C(CCCCCN1C(=O)/C(=C/c2ccc3c(c2)OCO3)SC1=S)Nc1nc2ccccc2s1. The Morgan fingerprint density at radius 1 is 1.15 bits per heavy atom. The molecule has 10 heteroatoms. The van der Waals surface area contributed by atoms with E-state index >= 15 is 0 Å². The normalized spacial score (nSPS) is 16.1. The van der Waals surface area contributed by atoms with Gasteiger partial charge in [-0.3, -0.25) is 14.5 Å². The van der Waals surface area contributed by atoms with Gasteiger partial charge < -0.3 is 14.8 Å². The molecule has 2 aliphatic heterocycles. The van der Waals surface area contributed by atoms with Crippen LogP contribution in [0.2, 0.25) is 0 Å². The molecule has 0 saturated carbocycles. The maximum atomic E-state index is 12.8. The Balaban J connectivity index is 1.07. The Labute approximate surface area is 210 Å². The summed E-state index contributed by atoms with van der Waals surface area (Å²) in [4.78, 5) is 31.7. The Kier molecular flexibility index (Phi) is 6.80. The molecule has 2 amide bonds. The van der Waals surface area contributed by atoms with Crippen molar-refractivity contribution in [1.82, 2.24) is 9.88 Å². The second-order valence-corrected chi connectivity index (χ2v) is 10.5. The number of rotatable bonds is 8. The second kappa shape index (κ2) is 10.1. The number of ether oxygens (including phenoxy) is 2. The number of carbonyl (C=O) groups is 2. The third kappa shape index (κ3) is 5.08. The van der Waals surface area contributed by atoms with Gasteiger partial charge in [0.05, 0.1) is 15.1 Å². The molecule has 0 bridgehead atoms. The van der Waals surface area contributed by atoms with Gasteiger partial charge >= 0.3 is 0 Å². The standard InChI is InChI=1S/C24H21N3O4S3/c28-21(26-23-25-16-6-3-4-7-19(16)33-23)8-2-1-5-11-27-22(29)20(34-24(27)32)13-15-9-10-17-18(12-15)31-14-30-17/h3-4,6-7,9-10,12-13H,1-2,5,8,11,14H2,(H,25,26,28)/b20-13-. The lowest BCUT2D eigenvalue weighted by Gasteiger charge is -2.14. The van der Waals surface area contributed by atoms with Crippen LogP contribution in [0.5, 0.6) is 11.5 Å². The van der Waals surface area contributed by atoms with Crippen LogP contribution in [0.4, 0.5) is 5.13 Å². The van der Waals surface area contributed by atoms with Gasteiger partial charge in [0, 0.05) is 13.0 Å². The highest BCUT2D eigenvalue weighted by atomic mass is 32.2. The van der Waals surface area contributed by atoms with Crippen LogP contribution in [0.15, 0.2) is 47.4 Å². The largest absolute Gasteiger partial charge is 0.454 e. The molecule has 3 heterocycles. The van der Waals surface area contributed by atoms with E-state index in [0.29, 0.717) is 38.8 Å². The lowest BCUT2D eigenvalue weighted by atomic mass is 10.1. The van der Waals surface area contributed by atoms with Crippen LogP contribution in [-0.2, 0) is 9.59 Å². The number of thiazole rings is 1. The average molecular weight is 512 g/mol. The minimum Gasteiger partial charge on any atom is -0.454 e. The van der Waals surface area contributed by atoms with Crippen LogP contribution < -0.4 is 14.8 Å². The minimum atomic E-state index is -0.0822. The fraction of sp³-hybridized carbons (Fsp3) is 0.250. The fourth-order valence-corrected chi connectivity index (χ4v) is 5.88. The summed E-state index contributed by atoms with van der Waals surface area (Å²) in [5, 5.41) is 3.50. The van der Waals surface area contributed by atoms with E-state index in [1.54, 1.807) is 4.90 Å². The topological polar surface area (TPSA) is 80.8 Å². The number of hydrogen-bond donors (Lipinski definition) is 1. The number of nitrogens with one attached hydrogen (secondary N) is 1. The zero-order chi connectivity index (χ0) is 23.5. The Bertz CT molecular complexity index is 1270. The molecule has 0 atom stereocenters. The molecule has 5 rings (SSSR count). The monoisotopic (exact) mass is 511 g/mol. The zero-order valence-electron chi connectivity index (χ0n) is 18.1. The van der Waals surface area contributed by atoms with Crippen molar-refractivity contribution < 1.29 is 19.1 Å². The first-order valence-corrected chi connectivity index (χ1v) is 12.9. The molecule has 1 aromatic heterocycles. The summed E-state index contributed by atoms with van der Waals surface area (Å²) in [6.07, 6.45) is 4.58. The first kappa shape index (κ1) is 22.8. The molecular formula is C24H21N3O4S3. The van der Waals surface area contributed by atoms with Gasteiger partial charge in [-0.25, -0.2) is 4.98 Å². The number of anilines is 1. The molecule has 0 unspecified atom stereocenters. The highest BCUT2D eigenvalue weighted by Crippen LogP contribution is 2.36. The van der Waals surface area contributed by atoms with Gasteiger partial charge in [0.25, 0.3) is 5.91 Å². The molecule has 2 aliphatic rings. The summed E-state index contributed by atoms with van der Waals surface area (Å²) in [6.45, 7) is 0.757. The van der Waals surface area contributed by atoms with Crippen LogP contribution in [-0.4, -0.2) is 39.4 Å². The van der Waals surface area contributed by atoms with Crippen LogP contribution in [0.3, 0.4) is 0 Å². The van der Waals surface area contributed by atoms with Gasteiger partial charge in [-0.2, -0.15) is 0 Å². The molecule has 0 radical (unpaired) electrons. The van der Waals surface area contributed by atoms with Crippen molar-refractivity contribution in [2.75, 3.05) is 18.7 Å². The fourth-order valence-electron chi connectivity index (χ4n) is 3.69. The van der Waals surface area contributed by atoms with Crippen molar-refractivity contribution in [2.45, 2.75) is 25.7 Å². The van der Waals surface area contributed by atoms with E-state index in [0.717, 1.165) is 35.0 Å². The third-order valence-electron chi connectivity index (χ3n) is 5.39. The number of nitrogens with zero attached hydrogens (tertiary/aromatic N) is 2. The van der Waals surface area contributed by atoms with Crippen molar-refractivity contribution in [3.63, 3.8) is 0 Å². The van der Waals surface area contributed by atoms with E-state index in [-0.39, 0.29) is 18.6 Å². The number of thioether (sulfide) groups is 1. The number of aromatic nitrogens is 1. The summed E-state index contributed by atoms with van der Waals surface area (Å²) in [5.74, 6) is 1.26. The predicted molar refractivity (Wildman–Crippen MR) is 139 cm³/mol. The van der Waals surface area contributed by atoms with E-state index in [1.807, 2.05) is 48.5 Å². The highest BCUT2D eigenvalue weighted by Gasteiger charge is 2.31. The van der Waals surface area contributed by atoms with Crippen LogP contribution in [0.25, 0.3) is 16.3 Å². The predicted octanol–water partition coefficient (Wildman–Crippen LogP) is 5.43. The summed E-state index contributed by atoms with van der Waals surface area (Å²) >= 11 is 8.20. The van der Waals surface area contributed by atoms with Gasteiger partial charge in [0.1, 0.15) is 4.32 Å². The lowest BCUT2D eigenvalue weighted by Crippen LogP contribution is -2.29. The Hall–Kier alpha value is -2.95. The van der Waals surface area contributed by atoms with Crippen molar-refractivity contribution in [1.29, 1.82) is 0 Å². The number of hydrogen-bond acceptors (Lipinski definition) is 8. The molecule has 1 fully saturated rings. The van der Waals surface area contributed by atoms with Gasteiger partial charge in [0.2, 0.25) is 12.7 Å². The lowest BCUT2D eigenvalue weighted by molar-refractivity contribution is -0.122. The van der Waals surface area contributed by atoms with Gasteiger partial charge in [-0.05, 0) is 48.7 Å². The van der Waals surface area contributed by atoms with Gasteiger partial charge in [0.15, 0.2) is 16.6 Å². The van der Waals surface area contributed by atoms with Crippen molar-refractivity contribution in [3.8, 4) is 11.5 Å². The van der Waals surface area contributed by atoms with Crippen LogP contribution in [0.1, 0.15) is 31.2 Å². The maximum absolute atomic E-state index is 12.8. The summed E-state index contributed by atoms with van der Waals surface area (Å²) in [7, 11) is 0. The molecule has 7 nitrogen and oxygen atoms in total. The molecule has 1 N–H and O–H groups in total. The van der Waals surface area contributed by atoms with E-state index < -0.39 is 0 Å². The number of para-hydroxylation sites is 1. The molecule has 2 aromatic carbocycles. The Morgan fingerprint density at radius 2 is 2.00 bits per heavy atom. The quantitative estimate of drug-likeness (QED) is 0.246. The summed E-state index contributed by atoms with van der Waals surface area (Å²) < 4.78 is 12.3. The van der Waals surface area contributed by atoms with E-state index in [9.17, 15) is 9.59 Å². The number of thiocarbonyl (C=S) groups is 1. The van der Waals surface area contributed by atoms with Crippen molar-refractivity contribution in [2.24, 2.45) is 0 Å². The van der Waals surface area contributed by atoms with Crippen LogP contribution >= 0.6 is 35.3 Å². The molecular weight excluding hydrogens is 490 g/mol. The van der Waals surface area contributed by atoms with Crippen molar-refractivity contribution >= 4 is 72.9 Å².